The summed E-state index contributed by atoms with van der Waals surface area (Å²) < 4.78 is 10.8. The van der Waals surface area contributed by atoms with Crippen molar-refractivity contribution in [2.24, 2.45) is 0 Å². The maximum Gasteiger partial charge on any atom is 0.277 e. The Kier molecular flexibility index (Phi) is 3.78. The van der Waals surface area contributed by atoms with Crippen LogP contribution in [0.4, 0.5) is 0 Å². The zero-order valence-corrected chi connectivity index (χ0v) is 11.6. The predicted octanol–water partition coefficient (Wildman–Crippen LogP) is 2.64. The van der Waals surface area contributed by atoms with Crippen LogP contribution >= 0.6 is 11.8 Å². The van der Waals surface area contributed by atoms with Gasteiger partial charge in [0.05, 0.1) is 12.2 Å². The lowest BCUT2D eigenvalue weighted by Gasteiger charge is -1.94. The lowest BCUT2D eigenvalue weighted by atomic mass is 10.2. The third kappa shape index (κ3) is 3.24. The fourth-order valence-corrected chi connectivity index (χ4v) is 2.29. The number of nitrogens with zero attached hydrogens (tertiary/aromatic N) is 4. The SMILES string of the molecule is Cc1nnc(SCc2nnc(Cc3ccccc3)o2)o1. The lowest BCUT2D eigenvalue weighted by molar-refractivity contribution is 0.427. The molecule has 20 heavy (non-hydrogen) atoms. The van der Waals surface area contributed by atoms with Crippen LogP contribution in [0.15, 0.2) is 44.4 Å². The van der Waals surface area contributed by atoms with E-state index in [9.17, 15) is 0 Å². The summed E-state index contributed by atoms with van der Waals surface area (Å²) in [5.41, 5.74) is 1.14. The van der Waals surface area contributed by atoms with Gasteiger partial charge in [-0.05, 0) is 5.56 Å². The molecule has 0 aliphatic carbocycles. The Bertz CT molecular complexity index is 681. The van der Waals surface area contributed by atoms with Crippen molar-refractivity contribution in [2.45, 2.75) is 24.3 Å². The monoisotopic (exact) mass is 288 g/mol. The molecule has 7 heteroatoms. The first-order chi connectivity index (χ1) is 9.79. The van der Waals surface area contributed by atoms with Gasteiger partial charge in [-0.1, -0.05) is 42.1 Å². The molecular formula is C13H12N4O2S. The topological polar surface area (TPSA) is 77.8 Å². The van der Waals surface area contributed by atoms with E-state index in [2.05, 4.69) is 20.4 Å². The van der Waals surface area contributed by atoms with Crippen LogP contribution in [0.3, 0.4) is 0 Å². The fourth-order valence-electron chi connectivity index (χ4n) is 1.65. The van der Waals surface area contributed by atoms with Crippen molar-refractivity contribution in [3.8, 4) is 0 Å². The molecule has 0 atom stereocenters. The maximum atomic E-state index is 5.58. The average Bonchev–Trinajstić information content (AvgIpc) is 3.07. The highest BCUT2D eigenvalue weighted by molar-refractivity contribution is 7.98. The van der Waals surface area contributed by atoms with Crippen LogP contribution in [0.1, 0.15) is 23.2 Å². The van der Waals surface area contributed by atoms with Crippen LogP contribution < -0.4 is 0 Å². The molecule has 2 aromatic heterocycles. The van der Waals surface area contributed by atoms with Gasteiger partial charge in [0.15, 0.2) is 0 Å². The second kappa shape index (κ2) is 5.87. The highest BCUT2D eigenvalue weighted by Gasteiger charge is 2.10. The summed E-state index contributed by atoms with van der Waals surface area (Å²) in [7, 11) is 0. The van der Waals surface area contributed by atoms with Crippen LogP contribution in [0, 0.1) is 6.92 Å². The summed E-state index contributed by atoms with van der Waals surface area (Å²) in [5.74, 6) is 2.22. The second-order valence-corrected chi connectivity index (χ2v) is 5.05. The maximum absolute atomic E-state index is 5.58. The van der Waals surface area contributed by atoms with E-state index in [0.29, 0.717) is 35.1 Å². The Morgan fingerprint density at radius 1 is 0.950 bits per heavy atom. The van der Waals surface area contributed by atoms with E-state index in [1.165, 1.54) is 11.8 Å². The van der Waals surface area contributed by atoms with Gasteiger partial charge in [0.25, 0.3) is 5.22 Å². The molecule has 0 aliphatic heterocycles. The molecule has 0 radical (unpaired) electrons. The molecule has 6 nitrogen and oxygen atoms in total. The van der Waals surface area contributed by atoms with E-state index < -0.39 is 0 Å². The Morgan fingerprint density at radius 3 is 2.50 bits per heavy atom. The molecule has 102 valence electrons. The molecule has 0 bridgehead atoms. The van der Waals surface area contributed by atoms with Crippen LogP contribution in [0.25, 0.3) is 0 Å². The molecule has 0 unspecified atom stereocenters. The van der Waals surface area contributed by atoms with Crippen molar-refractivity contribution in [3.63, 3.8) is 0 Å². The summed E-state index contributed by atoms with van der Waals surface area (Å²) >= 11 is 1.38. The van der Waals surface area contributed by atoms with Crippen molar-refractivity contribution < 1.29 is 8.83 Å². The van der Waals surface area contributed by atoms with E-state index in [4.69, 9.17) is 8.83 Å². The Hall–Kier alpha value is -2.15. The minimum Gasteiger partial charge on any atom is -0.424 e. The minimum absolute atomic E-state index is 0.505. The third-order valence-electron chi connectivity index (χ3n) is 2.53. The van der Waals surface area contributed by atoms with E-state index in [1.807, 2.05) is 30.3 Å². The number of aryl methyl sites for hydroxylation is 1. The quantitative estimate of drug-likeness (QED) is 0.668. The van der Waals surface area contributed by atoms with Gasteiger partial charge in [0.1, 0.15) is 0 Å². The Balaban J connectivity index is 1.59. The molecule has 3 rings (SSSR count). The molecule has 0 aliphatic rings. The molecule has 1 aromatic carbocycles. The van der Waals surface area contributed by atoms with Crippen molar-refractivity contribution in [1.29, 1.82) is 0 Å². The number of aromatic nitrogens is 4. The molecule has 0 fully saturated rings. The molecule has 0 spiro atoms. The largest absolute Gasteiger partial charge is 0.424 e. The zero-order chi connectivity index (χ0) is 13.8. The predicted molar refractivity (Wildman–Crippen MR) is 72.1 cm³/mol. The smallest absolute Gasteiger partial charge is 0.277 e. The van der Waals surface area contributed by atoms with E-state index in [0.717, 1.165) is 5.56 Å². The van der Waals surface area contributed by atoms with Crippen LogP contribution in [-0.2, 0) is 12.2 Å². The van der Waals surface area contributed by atoms with Gasteiger partial charge in [0, 0.05) is 6.92 Å². The summed E-state index contributed by atoms with van der Waals surface area (Å²) in [6.45, 7) is 1.75. The van der Waals surface area contributed by atoms with Crippen LogP contribution in [-0.4, -0.2) is 20.4 Å². The first kappa shape index (κ1) is 12.9. The zero-order valence-electron chi connectivity index (χ0n) is 10.8. The van der Waals surface area contributed by atoms with Gasteiger partial charge in [-0.2, -0.15) is 0 Å². The number of rotatable bonds is 5. The first-order valence-corrected chi connectivity index (χ1v) is 7.06. The first-order valence-electron chi connectivity index (χ1n) is 6.08. The highest BCUT2D eigenvalue weighted by Crippen LogP contribution is 2.20. The average molecular weight is 288 g/mol. The molecule has 0 N–H and O–H groups in total. The summed E-state index contributed by atoms with van der Waals surface area (Å²) in [5, 5.41) is 16.2. The van der Waals surface area contributed by atoms with Gasteiger partial charge < -0.3 is 8.83 Å². The molecule has 0 amide bonds. The molecular weight excluding hydrogens is 276 g/mol. The van der Waals surface area contributed by atoms with Crippen molar-refractivity contribution in [1.82, 2.24) is 20.4 Å². The Morgan fingerprint density at radius 2 is 1.75 bits per heavy atom. The molecule has 0 saturated carbocycles. The van der Waals surface area contributed by atoms with Crippen molar-refractivity contribution in [3.05, 3.63) is 53.6 Å². The molecule has 2 heterocycles. The van der Waals surface area contributed by atoms with Crippen molar-refractivity contribution >= 4 is 11.8 Å². The van der Waals surface area contributed by atoms with E-state index in [-0.39, 0.29) is 0 Å². The highest BCUT2D eigenvalue weighted by atomic mass is 32.2. The number of thioether (sulfide) groups is 1. The summed E-state index contributed by atoms with van der Waals surface area (Å²) in [4.78, 5) is 0. The summed E-state index contributed by atoms with van der Waals surface area (Å²) in [6.07, 6.45) is 0.637. The lowest BCUT2D eigenvalue weighted by Crippen LogP contribution is -1.87. The minimum atomic E-state index is 0.505. The standard InChI is InChI=1S/C13H12N4O2S/c1-9-14-17-13(18-9)20-8-12-16-15-11(19-12)7-10-5-3-2-4-6-10/h2-6H,7-8H2,1H3. The van der Waals surface area contributed by atoms with Crippen molar-refractivity contribution in [2.75, 3.05) is 0 Å². The van der Waals surface area contributed by atoms with Gasteiger partial charge in [-0.15, -0.1) is 20.4 Å². The van der Waals surface area contributed by atoms with Crippen LogP contribution in [0.5, 0.6) is 0 Å². The van der Waals surface area contributed by atoms with Gasteiger partial charge in [-0.25, -0.2) is 0 Å². The fraction of sp³-hybridized carbons (Fsp3) is 0.231. The summed E-state index contributed by atoms with van der Waals surface area (Å²) in [6, 6.07) is 10.0. The van der Waals surface area contributed by atoms with Gasteiger partial charge in [0.2, 0.25) is 17.7 Å². The van der Waals surface area contributed by atoms with Crippen LogP contribution in [0.2, 0.25) is 0 Å². The number of hydrogen-bond donors (Lipinski definition) is 0. The number of benzene rings is 1. The molecule has 0 saturated heterocycles. The Labute approximate surface area is 119 Å². The van der Waals surface area contributed by atoms with E-state index >= 15 is 0 Å². The van der Waals surface area contributed by atoms with E-state index in [1.54, 1.807) is 6.92 Å². The third-order valence-corrected chi connectivity index (χ3v) is 3.34. The van der Waals surface area contributed by atoms with Gasteiger partial charge >= 0.3 is 0 Å². The second-order valence-electron chi connectivity index (χ2n) is 4.13. The normalized spacial score (nSPS) is 10.8. The molecule has 3 aromatic rings. The van der Waals surface area contributed by atoms with Gasteiger partial charge in [-0.3, -0.25) is 0 Å². The number of hydrogen-bond acceptors (Lipinski definition) is 7.